The number of hydrogen-bond donors (Lipinski definition) is 0. The first kappa shape index (κ1) is 19.9. The van der Waals surface area contributed by atoms with Crippen LogP contribution in [0.5, 0.6) is 0 Å². The molecule has 4 saturated carbocycles. The predicted molar refractivity (Wildman–Crippen MR) is 103 cm³/mol. The third kappa shape index (κ3) is 3.00. The molecule has 0 aromatic heterocycles. The summed E-state index contributed by atoms with van der Waals surface area (Å²) in [7, 11) is 0. The van der Waals surface area contributed by atoms with Gasteiger partial charge in [0.05, 0.1) is 0 Å². The van der Waals surface area contributed by atoms with Crippen molar-refractivity contribution in [2.45, 2.75) is 91.3 Å². The zero-order valence-corrected chi connectivity index (χ0v) is 17.7. The largest absolute Gasteiger partial charge is 0.462 e. The zero-order valence-electron chi connectivity index (χ0n) is 17.7. The second-order valence-electron chi connectivity index (χ2n) is 10.3. The van der Waals surface area contributed by atoms with Gasteiger partial charge in [-0.3, -0.25) is 14.4 Å². The van der Waals surface area contributed by atoms with Crippen LogP contribution in [0.4, 0.5) is 0 Å². The standard InChI is InChI=1S/C23H34O5/c1-13(24)27-20-12-16-17-5-6-21(28-14(2)25)23(17,4)10-8-18(16)22(3)9-7-15(26)11-19(20)22/h16-21H,5-12H2,1-4H3/t16?,17?,18?,19-,20+,21+,22?,23+/m1/s1. The number of ketones is 1. The molecule has 0 heterocycles. The van der Waals surface area contributed by atoms with E-state index >= 15 is 0 Å². The summed E-state index contributed by atoms with van der Waals surface area (Å²) >= 11 is 0. The summed E-state index contributed by atoms with van der Waals surface area (Å²) in [6.07, 6.45) is 7.00. The summed E-state index contributed by atoms with van der Waals surface area (Å²) in [5.41, 5.74) is 0.0685. The van der Waals surface area contributed by atoms with Crippen molar-refractivity contribution in [3.05, 3.63) is 0 Å². The maximum atomic E-state index is 12.2. The van der Waals surface area contributed by atoms with E-state index in [0.29, 0.717) is 36.4 Å². The fraction of sp³-hybridized carbons (Fsp3) is 0.870. The van der Waals surface area contributed by atoms with Gasteiger partial charge in [0.2, 0.25) is 0 Å². The normalized spacial score (nSPS) is 47.5. The van der Waals surface area contributed by atoms with E-state index in [9.17, 15) is 14.4 Å². The Morgan fingerprint density at radius 1 is 0.893 bits per heavy atom. The summed E-state index contributed by atoms with van der Waals surface area (Å²) in [6.45, 7) is 7.63. The van der Waals surface area contributed by atoms with Crippen LogP contribution in [-0.4, -0.2) is 29.9 Å². The van der Waals surface area contributed by atoms with Crippen molar-refractivity contribution < 1.29 is 23.9 Å². The number of rotatable bonds is 2. The highest BCUT2D eigenvalue weighted by molar-refractivity contribution is 5.80. The van der Waals surface area contributed by atoms with Crippen LogP contribution in [0.15, 0.2) is 0 Å². The Morgan fingerprint density at radius 3 is 2.25 bits per heavy atom. The van der Waals surface area contributed by atoms with Gasteiger partial charge >= 0.3 is 11.9 Å². The number of carbonyl (C=O) groups excluding carboxylic acids is 3. The van der Waals surface area contributed by atoms with E-state index < -0.39 is 0 Å². The topological polar surface area (TPSA) is 69.7 Å². The molecule has 4 aliphatic carbocycles. The van der Waals surface area contributed by atoms with Gasteiger partial charge in [-0.15, -0.1) is 0 Å². The lowest BCUT2D eigenvalue weighted by atomic mass is 9.44. The number of carbonyl (C=O) groups is 3. The minimum atomic E-state index is -0.244. The summed E-state index contributed by atoms with van der Waals surface area (Å²) in [5.74, 6) is 1.55. The monoisotopic (exact) mass is 390 g/mol. The van der Waals surface area contributed by atoms with Crippen molar-refractivity contribution >= 4 is 17.7 Å². The molecule has 0 bridgehead atoms. The summed E-state index contributed by atoms with van der Waals surface area (Å²) in [5, 5.41) is 0. The average molecular weight is 391 g/mol. The molecule has 4 fully saturated rings. The molecule has 0 amide bonds. The molecule has 4 rings (SSSR count). The minimum absolute atomic E-state index is 0.00147. The Balaban J connectivity index is 1.65. The first-order chi connectivity index (χ1) is 13.1. The van der Waals surface area contributed by atoms with Gasteiger partial charge in [-0.05, 0) is 61.7 Å². The highest BCUT2D eigenvalue weighted by Crippen LogP contribution is 2.66. The van der Waals surface area contributed by atoms with Crippen molar-refractivity contribution in [3.8, 4) is 0 Å². The predicted octanol–water partition coefficient (Wildman–Crippen LogP) is 4.07. The first-order valence-corrected chi connectivity index (χ1v) is 11.0. The fourth-order valence-electron chi connectivity index (χ4n) is 7.75. The highest BCUT2D eigenvalue weighted by Gasteiger charge is 2.63. The maximum Gasteiger partial charge on any atom is 0.302 e. The van der Waals surface area contributed by atoms with E-state index in [-0.39, 0.29) is 40.9 Å². The number of fused-ring (bicyclic) bond motifs is 5. The molecule has 0 spiro atoms. The Labute approximate surface area is 167 Å². The molecule has 0 aromatic carbocycles. The lowest BCUT2D eigenvalue weighted by molar-refractivity contribution is -0.190. The molecule has 0 N–H and O–H groups in total. The van der Waals surface area contributed by atoms with E-state index in [1.165, 1.54) is 13.8 Å². The van der Waals surface area contributed by atoms with Gasteiger partial charge in [0.1, 0.15) is 18.0 Å². The maximum absolute atomic E-state index is 12.2. The van der Waals surface area contributed by atoms with Gasteiger partial charge in [-0.1, -0.05) is 13.8 Å². The van der Waals surface area contributed by atoms with Gasteiger partial charge in [0, 0.05) is 38.0 Å². The summed E-state index contributed by atoms with van der Waals surface area (Å²) < 4.78 is 11.6. The van der Waals surface area contributed by atoms with Crippen molar-refractivity contribution in [3.63, 3.8) is 0 Å². The van der Waals surface area contributed by atoms with Gasteiger partial charge in [-0.25, -0.2) is 0 Å². The van der Waals surface area contributed by atoms with Gasteiger partial charge in [-0.2, -0.15) is 0 Å². The quantitative estimate of drug-likeness (QED) is 0.665. The number of Topliss-reactive ketones (excluding diaryl/α,β-unsaturated/α-hetero) is 1. The van der Waals surface area contributed by atoms with Crippen molar-refractivity contribution in [1.82, 2.24) is 0 Å². The number of esters is 2. The van der Waals surface area contributed by atoms with E-state index in [4.69, 9.17) is 9.47 Å². The third-order valence-electron chi connectivity index (χ3n) is 9.01. The summed E-state index contributed by atoms with van der Waals surface area (Å²) in [6, 6.07) is 0. The van der Waals surface area contributed by atoms with Crippen molar-refractivity contribution in [1.29, 1.82) is 0 Å². The van der Waals surface area contributed by atoms with Gasteiger partial charge in [0.25, 0.3) is 0 Å². The molecule has 0 radical (unpaired) electrons. The molecule has 28 heavy (non-hydrogen) atoms. The van der Waals surface area contributed by atoms with E-state index in [1.807, 2.05) is 0 Å². The lowest BCUT2D eigenvalue weighted by Crippen LogP contribution is -2.59. The fourth-order valence-corrected chi connectivity index (χ4v) is 7.75. The van der Waals surface area contributed by atoms with Gasteiger partial charge in [0.15, 0.2) is 0 Å². The third-order valence-corrected chi connectivity index (χ3v) is 9.01. The SMILES string of the molecule is CC(=O)O[C@H]1CC2C(CC[C@@]3(C)C2CC[C@@H]3OC(C)=O)C2(C)CCC(=O)C[C@H]12. The minimum Gasteiger partial charge on any atom is -0.462 e. The molecule has 0 aromatic rings. The summed E-state index contributed by atoms with van der Waals surface area (Å²) in [4.78, 5) is 35.7. The van der Waals surface area contributed by atoms with Crippen LogP contribution in [0.1, 0.15) is 79.1 Å². The smallest absolute Gasteiger partial charge is 0.302 e. The second-order valence-corrected chi connectivity index (χ2v) is 10.3. The Bertz CT molecular complexity index is 686. The van der Waals surface area contributed by atoms with Crippen LogP contribution in [-0.2, 0) is 23.9 Å². The molecule has 8 atom stereocenters. The molecule has 0 saturated heterocycles. The molecule has 0 aliphatic heterocycles. The van der Waals surface area contributed by atoms with Crippen molar-refractivity contribution in [2.24, 2.45) is 34.5 Å². The molecule has 4 unspecified atom stereocenters. The molecule has 156 valence electrons. The Kier molecular flexibility index (Phi) is 4.86. The van der Waals surface area contributed by atoms with Crippen LogP contribution in [0.25, 0.3) is 0 Å². The Hall–Kier alpha value is -1.39. The van der Waals surface area contributed by atoms with Crippen LogP contribution in [0, 0.1) is 34.5 Å². The van der Waals surface area contributed by atoms with E-state index in [0.717, 1.165) is 38.5 Å². The van der Waals surface area contributed by atoms with E-state index in [2.05, 4.69) is 13.8 Å². The zero-order chi connectivity index (χ0) is 20.3. The molecule has 5 nitrogen and oxygen atoms in total. The van der Waals surface area contributed by atoms with Crippen LogP contribution in [0.2, 0.25) is 0 Å². The van der Waals surface area contributed by atoms with Gasteiger partial charge < -0.3 is 9.47 Å². The van der Waals surface area contributed by atoms with Crippen LogP contribution < -0.4 is 0 Å². The molecule has 4 aliphatic rings. The second kappa shape index (κ2) is 6.84. The molecule has 5 heteroatoms. The molecular formula is C23H34O5. The van der Waals surface area contributed by atoms with Crippen LogP contribution in [0.3, 0.4) is 0 Å². The average Bonchev–Trinajstić information content (AvgIpc) is 2.92. The lowest BCUT2D eigenvalue weighted by Gasteiger charge is -2.61. The Morgan fingerprint density at radius 2 is 1.57 bits per heavy atom. The number of ether oxygens (including phenoxy) is 2. The molecular weight excluding hydrogens is 356 g/mol. The number of hydrogen-bond acceptors (Lipinski definition) is 5. The van der Waals surface area contributed by atoms with E-state index in [1.54, 1.807) is 0 Å². The first-order valence-electron chi connectivity index (χ1n) is 11.0. The van der Waals surface area contributed by atoms with Crippen LogP contribution >= 0.6 is 0 Å². The van der Waals surface area contributed by atoms with Crippen molar-refractivity contribution in [2.75, 3.05) is 0 Å². The highest BCUT2D eigenvalue weighted by atomic mass is 16.5.